The van der Waals surface area contributed by atoms with Crippen molar-refractivity contribution in [1.29, 1.82) is 0 Å². The van der Waals surface area contributed by atoms with E-state index in [1.807, 2.05) is 6.92 Å². The largest absolute Gasteiger partial charge is 0.490 e. The first kappa shape index (κ1) is 10.5. The van der Waals surface area contributed by atoms with Crippen LogP contribution in [0.3, 0.4) is 0 Å². The molecule has 2 nitrogen and oxygen atoms in total. The SMILES string of the molecule is CCOc1c(Cl)cc(Cl)cc1NC. The molecule has 0 fully saturated rings. The van der Waals surface area contributed by atoms with Crippen LogP contribution in [-0.4, -0.2) is 13.7 Å². The lowest BCUT2D eigenvalue weighted by Gasteiger charge is -2.11. The van der Waals surface area contributed by atoms with Gasteiger partial charge >= 0.3 is 0 Å². The van der Waals surface area contributed by atoms with Crippen molar-refractivity contribution in [2.45, 2.75) is 6.92 Å². The molecule has 0 atom stereocenters. The van der Waals surface area contributed by atoms with Gasteiger partial charge in [-0.1, -0.05) is 23.2 Å². The van der Waals surface area contributed by atoms with E-state index in [1.54, 1.807) is 19.2 Å². The molecular weight excluding hydrogens is 209 g/mol. The molecule has 72 valence electrons. The van der Waals surface area contributed by atoms with Crippen LogP contribution in [0.2, 0.25) is 10.0 Å². The minimum Gasteiger partial charge on any atom is -0.490 e. The van der Waals surface area contributed by atoms with E-state index in [1.165, 1.54) is 0 Å². The second kappa shape index (κ2) is 4.58. The number of halogens is 2. The highest BCUT2D eigenvalue weighted by atomic mass is 35.5. The molecular formula is C9H11Cl2NO. The van der Waals surface area contributed by atoms with Gasteiger partial charge in [0.1, 0.15) is 0 Å². The third-order valence-corrected chi connectivity index (χ3v) is 2.07. The van der Waals surface area contributed by atoms with Gasteiger partial charge in [-0.3, -0.25) is 0 Å². The highest BCUT2D eigenvalue weighted by molar-refractivity contribution is 6.36. The second-order valence-electron chi connectivity index (χ2n) is 2.45. The lowest BCUT2D eigenvalue weighted by Crippen LogP contribution is -1.98. The molecule has 4 heteroatoms. The molecule has 0 aromatic heterocycles. The molecule has 0 saturated carbocycles. The number of anilines is 1. The van der Waals surface area contributed by atoms with Crippen LogP contribution in [0.1, 0.15) is 6.92 Å². The second-order valence-corrected chi connectivity index (χ2v) is 3.29. The Morgan fingerprint density at radius 3 is 2.62 bits per heavy atom. The van der Waals surface area contributed by atoms with Gasteiger partial charge < -0.3 is 10.1 Å². The fourth-order valence-corrected chi connectivity index (χ4v) is 1.59. The quantitative estimate of drug-likeness (QED) is 0.842. The van der Waals surface area contributed by atoms with Crippen LogP contribution < -0.4 is 10.1 Å². The molecule has 0 bridgehead atoms. The summed E-state index contributed by atoms with van der Waals surface area (Å²) in [6, 6.07) is 3.44. The first-order valence-electron chi connectivity index (χ1n) is 3.98. The zero-order valence-corrected chi connectivity index (χ0v) is 9.04. The Bertz CT molecular complexity index is 302. The van der Waals surface area contributed by atoms with Crippen molar-refractivity contribution in [2.75, 3.05) is 19.0 Å². The molecule has 0 heterocycles. The monoisotopic (exact) mass is 219 g/mol. The Balaban J connectivity index is 3.13. The van der Waals surface area contributed by atoms with E-state index >= 15 is 0 Å². The average molecular weight is 220 g/mol. The summed E-state index contributed by atoms with van der Waals surface area (Å²) in [5.41, 5.74) is 0.805. The topological polar surface area (TPSA) is 21.3 Å². The molecule has 0 aliphatic rings. The van der Waals surface area contributed by atoms with Crippen LogP contribution in [0.5, 0.6) is 5.75 Å². The van der Waals surface area contributed by atoms with Crippen LogP contribution in [0.15, 0.2) is 12.1 Å². The molecule has 0 radical (unpaired) electrons. The van der Waals surface area contributed by atoms with Crippen molar-refractivity contribution in [1.82, 2.24) is 0 Å². The van der Waals surface area contributed by atoms with Gasteiger partial charge in [0.25, 0.3) is 0 Å². The molecule has 0 unspecified atom stereocenters. The zero-order valence-electron chi connectivity index (χ0n) is 7.53. The fourth-order valence-electron chi connectivity index (χ4n) is 1.04. The Morgan fingerprint density at radius 2 is 2.08 bits per heavy atom. The normalized spacial score (nSPS) is 9.85. The van der Waals surface area contributed by atoms with Gasteiger partial charge in [-0.15, -0.1) is 0 Å². The molecule has 1 aromatic carbocycles. The maximum absolute atomic E-state index is 5.94. The van der Waals surface area contributed by atoms with Crippen molar-refractivity contribution in [3.8, 4) is 5.75 Å². The van der Waals surface area contributed by atoms with Crippen molar-refractivity contribution in [2.24, 2.45) is 0 Å². The van der Waals surface area contributed by atoms with E-state index in [4.69, 9.17) is 27.9 Å². The lowest BCUT2D eigenvalue weighted by atomic mass is 10.3. The number of hydrogen-bond donors (Lipinski definition) is 1. The molecule has 0 amide bonds. The summed E-state index contributed by atoms with van der Waals surface area (Å²) in [7, 11) is 1.80. The average Bonchev–Trinajstić information content (AvgIpc) is 2.09. The zero-order chi connectivity index (χ0) is 9.84. The first-order valence-corrected chi connectivity index (χ1v) is 4.74. The molecule has 0 spiro atoms. The van der Waals surface area contributed by atoms with Gasteiger partial charge in [0, 0.05) is 12.1 Å². The minimum absolute atomic E-state index is 0.527. The highest BCUT2D eigenvalue weighted by Crippen LogP contribution is 2.35. The van der Waals surface area contributed by atoms with E-state index in [0.29, 0.717) is 22.4 Å². The van der Waals surface area contributed by atoms with E-state index in [0.717, 1.165) is 5.69 Å². The van der Waals surface area contributed by atoms with Crippen LogP contribution in [0.25, 0.3) is 0 Å². The smallest absolute Gasteiger partial charge is 0.161 e. The number of benzene rings is 1. The van der Waals surface area contributed by atoms with Crippen LogP contribution in [0.4, 0.5) is 5.69 Å². The van der Waals surface area contributed by atoms with E-state index < -0.39 is 0 Å². The summed E-state index contributed by atoms with van der Waals surface area (Å²) in [6.07, 6.45) is 0. The van der Waals surface area contributed by atoms with Gasteiger partial charge in [0.15, 0.2) is 5.75 Å². The Kier molecular flexibility index (Phi) is 3.70. The number of rotatable bonds is 3. The predicted octanol–water partition coefficient (Wildman–Crippen LogP) is 3.43. The Hall–Kier alpha value is -0.600. The summed E-state index contributed by atoms with van der Waals surface area (Å²) >= 11 is 11.8. The maximum Gasteiger partial charge on any atom is 0.161 e. The van der Waals surface area contributed by atoms with Crippen molar-refractivity contribution in [3.05, 3.63) is 22.2 Å². The van der Waals surface area contributed by atoms with Gasteiger partial charge in [-0.25, -0.2) is 0 Å². The summed E-state index contributed by atoms with van der Waals surface area (Å²) in [5.74, 6) is 0.649. The van der Waals surface area contributed by atoms with E-state index in [9.17, 15) is 0 Å². The first-order chi connectivity index (χ1) is 6.19. The predicted molar refractivity (Wildman–Crippen MR) is 57.2 cm³/mol. The molecule has 1 N–H and O–H groups in total. The highest BCUT2D eigenvalue weighted by Gasteiger charge is 2.08. The Morgan fingerprint density at radius 1 is 1.38 bits per heavy atom. The van der Waals surface area contributed by atoms with Gasteiger partial charge in [-0.05, 0) is 19.1 Å². The third-order valence-electron chi connectivity index (χ3n) is 1.57. The van der Waals surface area contributed by atoms with Gasteiger partial charge in [0.05, 0.1) is 17.3 Å². The number of hydrogen-bond acceptors (Lipinski definition) is 2. The molecule has 0 aliphatic carbocycles. The summed E-state index contributed by atoms with van der Waals surface area (Å²) in [5, 5.41) is 4.09. The summed E-state index contributed by atoms with van der Waals surface area (Å²) in [4.78, 5) is 0. The lowest BCUT2D eigenvalue weighted by molar-refractivity contribution is 0.342. The standard InChI is InChI=1S/C9H11Cl2NO/c1-3-13-9-7(11)4-6(10)5-8(9)12-2/h4-5,12H,3H2,1-2H3. The molecule has 1 aromatic rings. The summed E-state index contributed by atoms with van der Waals surface area (Å²) < 4.78 is 5.36. The van der Waals surface area contributed by atoms with Crippen LogP contribution in [0, 0.1) is 0 Å². The molecule has 1 rings (SSSR count). The van der Waals surface area contributed by atoms with Crippen molar-refractivity contribution in [3.63, 3.8) is 0 Å². The Labute approximate surface area is 87.8 Å². The molecule has 0 saturated heterocycles. The minimum atomic E-state index is 0.527. The van der Waals surface area contributed by atoms with Gasteiger partial charge in [0.2, 0.25) is 0 Å². The number of ether oxygens (including phenoxy) is 1. The number of nitrogens with one attached hydrogen (secondary N) is 1. The maximum atomic E-state index is 5.94. The van der Waals surface area contributed by atoms with Gasteiger partial charge in [-0.2, -0.15) is 0 Å². The van der Waals surface area contributed by atoms with Crippen LogP contribution >= 0.6 is 23.2 Å². The fraction of sp³-hybridized carbons (Fsp3) is 0.333. The van der Waals surface area contributed by atoms with E-state index in [-0.39, 0.29) is 0 Å². The van der Waals surface area contributed by atoms with E-state index in [2.05, 4.69) is 5.32 Å². The van der Waals surface area contributed by atoms with Crippen LogP contribution in [-0.2, 0) is 0 Å². The van der Waals surface area contributed by atoms with Crippen molar-refractivity contribution >= 4 is 28.9 Å². The third kappa shape index (κ3) is 2.42. The van der Waals surface area contributed by atoms with Crippen molar-refractivity contribution < 1.29 is 4.74 Å². The summed E-state index contributed by atoms with van der Waals surface area (Å²) in [6.45, 7) is 2.49. The molecule has 13 heavy (non-hydrogen) atoms. The molecule has 0 aliphatic heterocycles.